The van der Waals surface area contributed by atoms with Crippen LogP contribution in [-0.2, 0) is 6.54 Å². The van der Waals surface area contributed by atoms with E-state index in [9.17, 15) is 10.1 Å². The summed E-state index contributed by atoms with van der Waals surface area (Å²) >= 11 is 2.79. The summed E-state index contributed by atoms with van der Waals surface area (Å²) in [5.41, 5.74) is 6.71. The number of aromatic nitrogens is 2. The van der Waals surface area contributed by atoms with Crippen molar-refractivity contribution in [1.29, 1.82) is 0 Å². The van der Waals surface area contributed by atoms with Crippen molar-refractivity contribution in [3.63, 3.8) is 0 Å². The van der Waals surface area contributed by atoms with E-state index in [1.54, 1.807) is 18.2 Å². The Morgan fingerprint density at radius 1 is 1.45 bits per heavy atom. The van der Waals surface area contributed by atoms with E-state index < -0.39 is 0 Å². The maximum absolute atomic E-state index is 11.0. The lowest BCUT2D eigenvalue weighted by Gasteiger charge is -2.02. The smallest absolute Gasteiger partial charge is 0.283 e. The summed E-state index contributed by atoms with van der Waals surface area (Å²) in [4.78, 5) is 16.5. The molecule has 0 unspecified atom stereocenters. The second kappa shape index (κ2) is 5.23. The average molecular weight is 306 g/mol. The molecule has 0 aliphatic carbocycles. The number of nitro groups is 1. The van der Waals surface area contributed by atoms with Crippen LogP contribution < -0.4 is 5.73 Å². The maximum atomic E-state index is 11.0. The van der Waals surface area contributed by atoms with Gasteiger partial charge in [-0.3, -0.25) is 14.5 Å². The second-order valence-corrected chi connectivity index (χ2v) is 5.85. The molecule has 0 spiro atoms. The largest absolute Gasteiger partial charge is 0.325 e. The van der Waals surface area contributed by atoms with Gasteiger partial charge in [0.05, 0.1) is 15.5 Å². The number of imidazole rings is 1. The van der Waals surface area contributed by atoms with Gasteiger partial charge in [0.2, 0.25) is 0 Å². The summed E-state index contributed by atoms with van der Waals surface area (Å²) in [5.74, 6) is 0. The predicted molar refractivity (Wildman–Crippen MR) is 78.2 cm³/mol. The number of hydrogen-bond acceptors (Lipinski definition) is 6. The summed E-state index contributed by atoms with van der Waals surface area (Å²) < 4.78 is 1.92. The van der Waals surface area contributed by atoms with Crippen molar-refractivity contribution in [2.24, 2.45) is 5.73 Å². The van der Waals surface area contributed by atoms with Crippen LogP contribution in [0.25, 0.3) is 4.96 Å². The Hall–Kier alpha value is -1.90. The van der Waals surface area contributed by atoms with Crippen LogP contribution in [0, 0.1) is 10.1 Å². The normalized spacial score (nSPS) is 11.1. The lowest BCUT2D eigenvalue weighted by molar-refractivity contribution is -0.387. The summed E-state index contributed by atoms with van der Waals surface area (Å²) in [6, 6.07) is 6.63. The van der Waals surface area contributed by atoms with Crippen molar-refractivity contribution in [2.75, 3.05) is 0 Å². The quantitative estimate of drug-likeness (QED) is 0.591. The van der Waals surface area contributed by atoms with E-state index in [0.717, 1.165) is 10.7 Å². The van der Waals surface area contributed by atoms with Crippen molar-refractivity contribution < 1.29 is 4.92 Å². The molecule has 0 fully saturated rings. The molecule has 102 valence electrons. The molecule has 0 saturated heterocycles. The third-order valence-electron chi connectivity index (χ3n) is 2.79. The highest BCUT2D eigenvalue weighted by molar-refractivity contribution is 7.99. The predicted octanol–water partition coefficient (Wildman–Crippen LogP) is 2.91. The van der Waals surface area contributed by atoms with Gasteiger partial charge in [-0.1, -0.05) is 23.9 Å². The zero-order chi connectivity index (χ0) is 14.1. The molecule has 0 saturated carbocycles. The van der Waals surface area contributed by atoms with E-state index in [4.69, 9.17) is 5.73 Å². The zero-order valence-corrected chi connectivity index (χ0v) is 11.9. The summed E-state index contributed by atoms with van der Waals surface area (Å²) in [7, 11) is 0. The minimum atomic E-state index is -0.386. The Labute approximate surface area is 122 Å². The van der Waals surface area contributed by atoms with Gasteiger partial charge in [-0.05, 0) is 6.07 Å². The van der Waals surface area contributed by atoms with Gasteiger partial charge in [-0.25, -0.2) is 4.98 Å². The second-order valence-electron chi connectivity index (χ2n) is 3.95. The van der Waals surface area contributed by atoms with Crippen LogP contribution in [0.2, 0.25) is 0 Å². The summed E-state index contributed by atoms with van der Waals surface area (Å²) in [5, 5.41) is 13.7. The fraction of sp³-hybridized carbons (Fsp3) is 0.0833. The standard InChI is InChI=1S/C12H10N4O2S2/c13-7-9-11(14-12-15(9)5-6-19-12)20-10-4-2-1-3-8(10)16(17)18/h1-6H,7,13H2. The number of thiazole rings is 1. The Bertz CT molecular complexity index is 781. The Balaban J connectivity index is 2.05. The molecule has 0 atom stereocenters. The number of nitrogens with zero attached hydrogens (tertiary/aromatic N) is 3. The number of hydrogen-bond donors (Lipinski definition) is 1. The molecular formula is C12H10N4O2S2. The third-order valence-corrected chi connectivity index (χ3v) is 4.63. The SMILES string of the molecule is NCc1c(Sc2ccccc2[N+](=O)[O-])nc2sccn12. The molecule has 1 aromatic carbocycles. The summed E-state index contributed by atoms with van der Waals surface area (Å²) in [6.07, 6.45) is 1.90. The third kappa shape index (κ3) is 2.17. The Kier molecular flexibility index (Phi) is 3.43. The van der Waals surface area contributed by atoms with Gasteiger partial charge >= 0.3 is 0 Å². The molecule has 2 N–H and O–H groups in total. The van der Waals surface area contributed by atoms with Gasteiger partial charge in [0.15, 0.2) is 4.96 Å². The zero-order valence-electron chi connectivity index (χ0n) is 10.2. The van der Waals surface area contributed by atoms with Crippen molar-refractivity contribution in [3.8, 4) is 0 Å². The van der Waals surface area contributed by atoms with E-state index in [1.807, 2.05) is 16.0 Å². The first kappa shape index (κ1) is 13.1. The number of fused-ring (bicyclic) bond motifs is 1. The molecule has 3 aromatic rings. The van der Waals surface area contributed by atoms with Crippen molar-refractivity contribution in [1.82, 2.24) is 9.38 Å². The molecule has 3 rings (SSSR count). The van der Waals surface area contributed by atoms with Crippen LogP contribution in [-0.4, -0.2) is 14.3 Å². The Morgan fingerprint density at radius 2 is 2.25 bits per heavy atom. The lowest BCUT2D eigenvalue weighted by atomic mass is 10.3. The van der Waals surface area contributed by atoms with Gasteiger partial charge in [-0.15, -0.1) is 11.3 Å². The van der Waals surface area contributed by atoms with Gasteiger partial charge in [0, 0.05) is 24.2 Å². The number of benzene rings is 1. The highest BCUT2D eigenvalue weighted by Crippen LogP contribution is 2.36. The minimum absolute atomic E-state index is 0.0804. The fourth-order valence-corrected chi connectivity index (χ4v) is 3.70. The first-order valence-electron chi connectivity index (χ1n) is 5.76. The molecule has 0 radical (unpaired) electrons. The van der Waals surface area contributed by atoms with E-state index in [1.165, 1.54) is 29.2 Å². The first-order valence-corrected chi connectivity index (χ1v) is 7.46. The van der Waals surface area contributed by atoms with Crippen LogP contribution in [0.4, 0.5) is 5.69 Å². The van der Waals surface area contributed by atoms with Gasteiger partial charge in [0.1, 0.15) is 5.03 Å². The van der Waals surface area contributed by atoms with E-state index in [2.05, 4.69) is 4.98 Å². The molecule has 2 heterocycles. The molecule has 2 aromatic heterocycles. The van der Waals surface area contributed by atoms with Gasteiger partial charge in [-0.2, -0.15) is 0 Å². The summed E-state index contributed by atoms with van der Waals surface area (Å²) in [6.45, 7) is 0.334. The number of rotatable bonds is 4. The Morgan fingerprint density at radius 3 is 3.00 bits per heavy atom. The minimum Gasteiger partial charge on any atom is -0.325 e. The van der Waals surface area contributed by atoms with Crippen molar-refractivity contribution >= 4 is 33.7 Å². The molecule has 0 aliphatic rings. The van der Waals surface area contributed by atoms with Crippen molar-refractivity contribution in [2.45, 2.75) is 16.5 Å². The van der Waals surface area contributed by atoms with Gasteiger partial charge < -0.3 is 5.73 Å². The number of nitrogens with two attached hydrogens (primary N) is 1. The molecule has 0 bridgehead atoms. The lowest BCUT2D eigenvalue weighted by Crippen LogP contribution is -2.01. The maximum Gasteiger partial charge on any atom is 0.283 e. The average Bonchev–Trinajstić information content (AvgIpc) is 2.99. The van der Waals surface area contributed by atoms with Crippen LogP contribution in [0.15, 0.2) is 45.8 Å². The van der Waals surface area contributed by atoms with Crippen LogP contribution >= 0.6 is 23.1 Å². The molecule has 0 amide bonds. The van der Waals surface area contributed by atoms with Gasteiger partial charge in [0.25, 0.3) is 5.69 Å². The molecule has 20 heavy (non-hydrogen) atoms. The van der Waals surface area contributed by atoms with E-state index in [-0.39, 0.29) is 10.6 Å². The monoisotopic (exact) mass is 306 g/mol. The first-order chi connectivity index (χ1) is 9.70. The fourth-order valence-electron chi connectivity index (χ4n) is 1.88. The number of nitro benzene ring substituents is 1. The van der Waals surface area contributed by atoms with Crippen molar-refractivity contribution in [3.05, 3.63) is 51.7 Å². The van der Waals surface area contributed by atoms with E-state index in [0.29, 0.717) is 16.5 Å². The van der Waals surface area contributed by atoms with Crippen LogP contribution in [0.1, 0.15) is 5.69 Å². The molecular weight excluding hydrogens is 296 g/mol. The van der Waals surface area contributed by atoms with Crippen LogP contribution in [0.3, 0.4) is 0 Å². The van der Waals surface area contributed by atoms with E-state index >= 15 is 0 Å². The van der Waals surface area contributed by atoms with Crippen LogP contribution in [0.5, 0.6) is 0 Å². The molecule has 0 aliphatic heterocycles. The topological polar surface area (TPSA) is 86.5 Å². The number of para-hydroxylation sites is 1. The highest BCUT2D eigenvalue weighted by atomic mass is 32.2. The molecule has 6 nitrogen and oxygen atoms in total. The highest BCUT2D eigenvalue weighted by Gasteiger charge is 2.18. The molecule has 8 heteroatoms.